The van der Waals surface area contributed by atoms with Gasteiger partial charge in [-0.3, -0.25) is 13.7 Å². The maximum Gasteiger partial charge on any atom is 0.269 e. The number of hydrogen-bond acceptors (Lipinski definition) is 3. The van der Waals surface area contributed by atoms with E-state index in [4.69, 9.17) is 0 Å². The first-order chi connectivity index (χ1) is 8.31. The fraction of sp³-hybridized carbons (Fsp3) is 0.667. The van der Waals surface area contributed by atoms with Gasteiger partial charge >= 0.3 is 0 Å². The van der Waals surface area contributed by atoms with Gasteiger partial charge in [0.1, 0.15) is 5.69 Å². The Kier molecular flexibility index (Phi) is 5.07. The molecule has 1 rings (SSSR count). The van der Waals surface area contributed by atoms with Gasteiger partial charge < -0.3 is 5.32 Å². The van der Waals surface area contributed by atoms with Crippen molar-refractivity contribution in [2.75, 3.05) is 12.0 Å². The van der Waals surface area contributed by atoms with E-state index in [0.29, 0.717) is 17.4 Å². The highest BCUT2D eigenvalue weighted by Crippen LogP contribution is 2.13. The first-order valence-electron chi connectivity index (χ1n) is 5.96. The van der Waals surface area contributed by atoms with Gasteiger partial charge in [-0.05, 0) is 18.9 Å². The standard InChI is InChI=1S/C12H21N3O2S/c1-8(2)10-6-11(15(4)14-10)12(16)13-9(3)7-18(5)17/h6,8-9H,7H2,1-5H3,(H,13,16)/t9-,18+/m0/s1. The molecule has 1 aromatic heterocycles. The number of carbonyl (C=O) groups is 1. The third-order valence-electron chi connectivity index (χ3n) is 2.59. The van der Waals surface area contributed by atoms with Crippen LogP contribution < -0.4 is 5.32 Å². The van der Waals surface area contributed by atoms with Gasteiger partial charge in [-0.1, -0.05) is 13.8 Å². The van der Waals surface area contributed by atoms with Crippen LogP contribution in [0, 0.1) is 0 Å². The van der Waals surface area contributed by atoms with Gasteiger partial charge in [0.05, 0.1) is 5.69 Å². The molecule has 0 aliphatic carbocycles. The number of nitrogens with zero attached hydrogens (tertiary/aromatic N) is 2. The topological polar surface area (TPSA) is 64.0 Å². The lowest BCUT2D eigenvalue weighted by atomic mass is 10.1. The van der Waals surface area contributed by atoms with Gasteiger partial charge in [-0.15, -0.1) is 0 Å². The Hall–Kier alpha value is -1.17. The monoisotopic (exact) mass is 271 g/mol. The fourth-order valence-corrected chi connectivity index (χ4v) is 2.46. The SMILES string of the molecule is CC(C)c1cc(C(=O)N[C@@H](C)C[S@@](C)=O)n(C)n1. The number of rotatable bonds is 5. The molecule has 0 bridgehead atoms. The number of aryl methyl sites for hydroxylation is 1. The molecule has 1 N–H and O–H groups in total. The number of aromatic nitrogens is 2. The molecule has 0 spiro atoms. The quantitative estimate of drug-likeness (QED) is 0.870. The van der Waals surface area contributed by atoms with E-state index in [1.165, 1.54) is 0 Å². The zero-order valence-corrected chi connectivity index (χ0v) is 12.4. The molecule has 2 atom stereocenters. The zero-order valence-electron chi connectivity index (χ0n) is 11.6. The van der Waals surface area contributed by atoms with Crippen LogP contribution >= 0.6 is 0 Å². The summed E-state index contributed by atoms with van der Waals surface area (Å²) in [6, 6.07) is 1.69. The van der Waals surface area contributed by atoms with Crippen LogP contribution in [0.15, 0.2) is 6.07 Å². The Morgan fingerprint density at radius 1 is 1.50 bits per heavy atom. The van der Waals surface area contributed by atoms with E-state index in [1.54, 1.807) is 24.1 Å². The molecule has 0 aliphatic heterocycles. The summed E-state index contributed by atoms with van der Waals surface area (Å²) in [4.78, 5) is 12.0. The third kappa shape index (κ3) is 3.94. The summed E-state index contributed by atoms with van der Waals surface area (Å²) in [6.45, 7) is 5.92. The number of nitrogens with one attached hydrogen (secondary N) is 1. The molecule has 5 nitrogen and oxygen atoms in total. The zero-order chi connectivity index (χ0) is 13.9. The lowest BCUT2D eigenvalue weighted by molar-refractivity contribution is 0.0934. The molecule has 6 heteroatoms. The molecule has 0 saturated carbocycles. The van der Waals surface area contributed by atoms with E-state index in [1.807, 2.05) is 20.8 Å². The summed E-state index contributed by atoms with van der Waals surface area (Å²) < 4.78 is 12.7. The average molecular weight is 271 g/mol. The summed E-state index contributed by atoms with van der Waals surface area (Å²) in [6.07, 6.45) is 1.63. The lowest BCUT2D eigenvalue weighted by Crippen LogP contribution is -2.37. The van der Waals surface area contributed by atoms with Crippen molar-refractivity contribution in [3.8, 4) is 0 Å². The molecule has 102 valence electrons. The van der Waals surface area contributed by atoms with Crippen molar-refractivity contribution in [3.63, 3.8) is 0 Å². The van der Waals surface area contributed by atoms with Gasteiger partial charge in [0.25, 0.3) is 5.91 Å². The molecule has 0 radical (unpaired) electrons. The Bertz CT molecular complexity index is 454. The predicted octanol–water partition coefficient (Wildman–Crippen LogP) is 1.04. The van der Waals surface area contributed by atoms with E-state index < -0.39 is 10.8 Å². The molecular weight excluding hydrogens is 250 g/mol. The highest BCUT2D eigenvalue weighted by molar-refractivity contribution is 7.84. The maximum absolute atomic E-state index is 12.0. The van der Waals surface area contributed by atoms with Crippen molar-refractivity contribution in [2.45, 2.75) is 32.7 Å². The molecule has 18 heavy (non-hydrogen) atoms. The molecule has 1 heterocycles. The summed E-state index contributed by atoms with van der Waals surface area (Å²) in [5.74, 6) is 0.578. The second kappa shape index (κ2) is 6.13. The fourth-order valence-electron chi connectivity index (χ4n) is 1.68. The lowest BCUT2D eigenvalue weighted by Gasteiger charge is -2.12. The predicted molar refractivity (Wildman–Crippen MR) is 73.2 cm³/mol. The van der Waals surface area contributed by atoms with Gasteiger partial charge in [0, 0.05) is 35.9 Å². The van der Waals surface area contributed by atoms with E-state index in [2.05, 4.69) is 10.4 Å². The minimum absolute atomic E-state index is 0.110. The van der Waals surface area contributed by atoms with Crippen molar-refractivity contribution >= 4 is 16.7 Å². The second-order valence-electron chi connectivity index (χ2n) is 4.85. The Labute approximate surface area is 110 Å². The molecule has 0 aliphatic rings. The number of hydrogen-bond donors (Lipinski definition) is 1. The molecule has 0 unspecified atom stereocenters. The van der Waals surface area contributed by atoms with Crippen LogP contribution in [0.3, 0.4) is 0 Å². The Morgan fingerprint density at radius 2 is 2.11 bits per heavy atom. The molecule has 0 fully saturated rings. The van der Waals surface area contributed by atoms with Crippen LogP contribution in [0.25, 0.3) is 0 Å². The van der Waals surface area contributed by atoms with Crippen LogP contribution in [0.5, 0.6) is 0 Å². The van der Waals surface area contributed by atoms with Gasteiger partial charge in [0.2, 0.25) is 0 Å². The minimum atomic E-state index is -0.913. The molecule has 1 amide bonds. The summed E-state index contributed by atoms with van der Waals surface area (Å²) in [7, 11) is 0.840. The van der Waals surface area contributed by atoms with Gasteiger partial charge in [-0.2, -0.15) is 5.10 Å². The van der Waals surface area contributed by atoms with Gasteiger partial charge in [0.15, 0.2) is 0 Å². The van der Waals surface area contributed by atoms with Crippen molar-refractivity contribution < 1.29 is 9.00 Å². The van der Waals surface area contributed by atoms with Crippen LogP contribution in [0.1, 0.15) is 42.9 Å². The van der Waals surface area contributed by atoms with Crippen LogP contribution in [-0.4, -0.2) is 37.9 Å². The largest absolute Gasteiger partial charge is 0.347 e. The van der Waals surface area contributed by atoms with Crippen molar-refractivity contribution in [1.82, 2.24) is 15.1 Å². The van der Waals surface area contributed by atoms with Crippen LogP contribution in [0.4, 0.5) is 0 Å². The van der Waals surface area contributed by atoms with E-state index in [0.717, 1.165) is 5.69 Å². The normalized spacial score (nSPS) is 14.6. The minimum Gasteiger partial charge on any atom is -0.347 e. The summed E-state index contributed by atoms with van der Waals surface area (Å²) in [5, 5.41) is 7.12. The maximum atomic E-state index is 12.0. The van der Waals surface area contributed by atoms with Crippen molar-refractivity contribution in [2.24, 2.45) is 7.05 Å². The third-order valence-corrected chi connectivity index (χ3v) is 3.55. The van der Waals surface area contributed by atoms with Gasteiger partial charge in [-0.25, -0.2) is 0 Å². The molecule has 0 aromatic carbocycles. The number of amides is 1. The highest BCUT2D eigenvalue weighted by atomic mass is 32.2. The van der Waals surface area contributed by atoms with E-state index in [-0.39, 0.29) is 11.9 Å². The first-order valence-corrected chi connectivity index (χ1v) is 7.68. The van der Waals surface area contributed by atoms with Crippen molar-refractivity contribution in [3.05, 3.63) is 17.5 Å². The van der Waals surface area contributed by atoms with Crippen molar-refractivity contribution in [1.29, 1.82) is 0 Å². The van der Waals surface area contributed by atoms with E-state index >= 15 is 0 Å². The highest BCUT2D eigenvalue weighted by Gasteiger charge is 2.17. The van der Waals surface area contributed by atoms with Crippen LogP contribution in [-0.2, 0) is 17.8 Å². The summed E-state index contributed by atoms with van der Waals surface area (Å²) >= 11 is 0. The Balaban J connectivity index is 2.75. The average Bonchev–Trinajstić information content (AvgIpc) is 2.58. The Morgan fingerprint density at radius 3 is 2.56 bits per heavy atom. The molecular formula is C12H21N3O2S. The van der Waals surface area contributed by atoms with Crippen LogP contribution in [0.2, 0.25) is 0 Å². The summed E-state index contributed by atoms with van der Waals surface area (Å²) in [5.41, 5.74) is 1.43. The second-order valence-corrected chi connectivity index (χ2v) is 6.33. The smallest absolute Gasteiger partial charge is 0.269 e. The first kappa shape index (κ1) is 14.9. The number of carbonyl (C=O) groups excluding carboxylic acids is 1. The molecule has 0 saturated heterocycles. The van der Waals surface area contributed by atoms with E-state index in [9.17, 15) is 9.00 Å². The molecule has 1 aromatic rings.